The molecule has 1 aromatic rings. The number of hydrogen-bond donors (Lipinski definition) is 2. The summed E-state index contributed by atoms with van der Waals surface area (Å²) in [7, 11) is 1.45. The maximum absolute atomic E-state index is 7.57. The van der Waals surface area contributed by atoms with Crippen molar-refractivity contribution in [3.8, 4) is 0 Å². The van der Waals surface area contributed by atoms with Crippen molar-refractivity contribution in [2.24, 2.45) is 0 Å². The minimum absolute atomic E-state index is 0.0768. The number of halogens is 1. The minimum Gasteiger partial charge on any atom is -0.481 e. The summed E-state index contributed by atoms with van der Waals surface area (Å²) in [5.41, 5.74) is 1.78. The van der Waals surface area contributed by atoms with E-state index < -0.39 is 0 Å². The highest BCUT2D eigenvalue weighted by Crippen LogP contribution is 2.17. The van der Waals surface area contributed by atoms with E-state index in [-0.39, 0.29) is 5.90 Å². The molecule has 74 valence electrons. The Kier molecular flexibility index (Phi) is 3.41. The first kappa shape index (κ1) is 10.9. The number of benzene rings is 1. The molecular weight excluding hydrogens is 244 g/mol. The molecule has 0 aliphatic carbocycles. The maximum atomic E-state index is 7.57. The van der Waals surface area contributed by atoms with Crippen LogP contribution < -0.4 is 0 Å². The molecule has 0 unspecified atom stereocenters. The molecule has 0 heterocycles. The van der Waals surface area contributed by atoms with Crippen LogP contribution in [-0.2, 0) is 4.74 Å². The van der Waals surface area contributed by atoms with Crippen LogP contribution in [0.4, 0.5) is 0 Å². The Morgan fingerprint density at radius 3 is 2.43 bits per heavy atom. The lowest BCUT2D eigenvalue weighted by molar-refractivity contribution is 0.401. The van der Waals surface area contributed by atoms with E-state index in [2.05, 4.69) is 15.9 Å². The van der Waals surface area contributed by atoms with Crippen LogP contribution in [0.2, 0.25) is 0 Å². The van der Waals surface area contributed by atoms with E-state index >= 15 is 0 Å². The van der Waals surface area contributed by atoms with Crippen molar-refractivity contribution in [2.75, 3.05) is 7.11 Å². The largest absolute Gasteiger partial charge is 0.481 e. The zero-order valence-corrected chi connectivity index (χ0v) is 9.60. The number of nitrogens with one attached hydrogen (secondary N) is 2. The van der Waals surface area contributed by atoms with Crippen molar-refractivity contribution in [1.82, 2.24) is 0 Å². The van der Waals surface area contributed by atoms with Gasteiger partial charge < -0.3 is 10.1 Å². The van der Waals surface area contributed by atoms with Crippen LogP contribution in [0.1, 0.15) is 18.1 Å². The second-order valence-corrected chi connectivity index (χ2v) is 3.76. The van der Waals surface area contributed by atoms with Crippen molar-refractivity contribution < 1.29 is 4.74 Å². The van der Waals surface area contributed by atoms with Crippen LogP contribution in [0, 0.1) is 10.8 Å². The Bertz CT molecular complexity index is 388. The fraction of sp³-hybridized carbons (Fsp3) is 0.200. The predicted molar refractivity (Wildman–Crippen MR) is 60.5 cm³/mol. The van der Waals surface area contributed by atoms with Gasteiger partial charge in [0.25, 0.3) is 0 Å². The van der Waals surface area contributed by atoms with Gasteiger partial charge in [-0.1, -0.05) is 22.0 Å². The molecule has 1 rings (SSSR count). The van der Waals surface area contributed by atoms with Gasteiger partial charge in [0.2, 0.25) is 5.90 Å². The number of hydrogen-bond acceptors (Lipinski definition) is 3. The topological polar surface area (TPSA) is 56.9 Å². The third-order valence-corrected chi connectivity index (χ3v) is 2.33. The third kappa shape index (κ3) is 2.20. The van der Waals surface area contributed by atoms with E-state index in [1.54, 1.807) is 19.1 Å². The Hall–Kier alpha value is -1.16. The summed E-state index contributed by atoms with van der Waals surface area (Å²) in [5, 5.41) is 15.1. The SMILES string of the molecule is COC(=N)c1cc(Br)ccc1C(C)=N. The molecule has 0 aromatic heterocycles. The van der Waals surface area contributed by atoms with E-state index in [9.17, 15) is 0 Å². The highest BCUT2D eigenvalue weighted by Gasteiger charge is 2.10. The van der Waals surface area contributed by atoms with Gasteiger partial charge in [-0.05, 0) is 19.1 Å². The van der Waals surface area contributed by atoms with Crippen LogP contribution in [0.15, 0.2) is 22.7 Å². The Labute approximate surface area is 91.2 Å². The Morgan fingerprint density at radius 1 is 1.29 bits per heavy atom. The first-order valence-corrected chi connectivity index (χ1v) is 4.83. The first-order valence-electron chi connectivity index (χ1n) is 4.04. The monoisotopic (exact) mass is 254 g/mol. The molecule has 0 radical (unpaired) electrons. The summed E-state index contributed by atoms with van der Waals surface area (Å²) in [6.07, 6.45) is 0. The van der Waals surface area contributed by atoms with Crippen molar-refractivity contribution >= 4 is 27.5 Å². The van der Waals surface area contributed by atoms with Gasteiger partial charge in [0.1, 0.15) is 0 Å². The fourth-order valence-corrected chi connectivity index (χ4v) is 1.50. The van der Waals surface area contributed by atoms with Gasteiger partial charge in [0.05, 0.1) is 7.11 Å². The average Bonchev–Trinajstić information content (AvgIpc) is 2.16. The zero-order chi connectivity index (χ0) is 10.7. The Balaban J connectivity index is 3.29. The van der Waals surface area contributed by atoms with Gasteiger partial charge in [0.15, 0.2) is 0 Å². The molecule has 0 saturated carbocycles. The van der Waals surface area contributed by atoms with Crippen LogP contribution in [-0.4, -0.2) is 18.7 Å². The molecule has 1 aromatic carbocycles. The normalized spacial score (nSPS) is 9.64. The zero-order valence-electron chi connectivity index (χ0n) is 8.02. The molecule has 3 nitrogen and oxygen atoms in total. The second-order valence-electron chi connectivity index (χ2n) is 2.85. The van der Waals surface area contributed by atoms with Crippen LogP contribution in [0.3, 0.4) is 0 Å². The van der Waals surface area contributed by atoms with Gasteiger partial charge >= 0.3 is 0 Å². The molecule has 0 amide bonds. The van der Waals surface area contributed by atoms with Gasteiger partial charge in [0, 0.05) is 21.3 Å². The molecule has 0 aliphatic rings. The van der Waals surface area contributed by atoms with Gasteiger partial charge in [-0.15, -0.1) is 0 Å². The van der Waals surface area contributed by atoms with E-state index in [1.807, 2.05) is 6.07 Å². The summed E-state index contributed by atoms with van der Waals surface area (Å²) >= 11 is 3.32. The summed E-state index contributed by atoms with van der Waals surface area (Å²) in [6.45, 7) is 1.69. The highest BCUT2D eigenvalue weighted by atomic mass is 79.9. The molecule has 2 N–H and O–H groups in total. The van der Waals surface area contributed by atoms with E-state index in [4.69, 9.17) is 15.6 Å². The molecular formula is C10H11BrN2O. The molecule has 0 atom stereocenters. The number of rotatable bonds is 2. The summed E-state index contributed by atoms with van der Waals surface area (Å²) in [5.74, 6) is 0.0768. The summed E-state index contributed by atoms with van der Waals surface area (Å²) in [4.78, 5) is 0. The fourth-order valence-electron chi connectivity index (χ4n) is 1.14. The Morgan fingerprint density at radius 2 is 1.93 bits per heavy atom. The van der Waals surface area contributed by atoms with Crippen molar-refractivity contribution in [3.63, 3.8) is 0 Å². The summed E-state index contributed by atoms with van der Waals surface area (Å²) in [6, 6.07) is 5.42. The average molecular weight is 255 g/mol. The van der Waals surface area contributed by atoms with Crippen molar-refractivity contribution in [3.05, 3.63) is 33.8 Å². The smallest absolute Gasteiger partial charge is 0.213 e. The highest BCUT2D eigenvalue weighted by molar-refractivity contribution is 9.10. The third-order valence-electron chi connectivity index (χ3n) is 1.83. The first-order chi connectivity index (χ1) is 6.56. The molecule has 0 fully saturated rings. The maximum Gasteiger partial charge on any atom is 0.213 e. The van der Waals surface area contributed by atoms with Crippen LogP contribution >= 0.6 is 15.9 Å². The van der Waals surface area contributed by atoms with E-state index in [1.165, 1.54) is 7.11 Å². The quantitative estimate of drug-likeness (QED) is 0.619. The second kappa shape index (κ2) is 4.37. The minimum atomic E-state index is 0.0768. The lowest BCUT2D eigenvalue weighted by Gasteiger charge is -2.08. The van der Waals surface area contributed by atoms with E-state index in [0.29, 0.717) is 11.3 Å². The molecule has 0 aliphatic heterocycles. The van der Waals surface area contributed by atoms with Crippen LogP contribution in [0.25, 0.3) is 0 Å². The van der Waals surface area contributed by atoms with Gasteiger partial charge in [-0.25, -0.2) is 0 Å². The lowest BCUT2D eigenvalue weighted by Crippen LogP contribution is -2.08. The standard InChI is InChI=1S/C10H11BrN2O/c1-6(12)8-4-3-7(11)5-9(8)10(13)14-2/h3-5,12-13H,1-2H3. The van der Waals surface area contributed by atoms with Crippen molar-refractivity contribution in [2.45, 2.75) is 6.92 Å². The molecule has 14 heavy (non-hydrogen) atoms. The molecule has 0 bridgehead atoms. The van der Waals surface area contributed by atoms with Gasteiger partial charge in [-0.3, -0.25) is 5.41 Å². The number of methoxy groups -OCH3 is 1. The van der Waals surface area contributed by atoms with Crippen molar-refractivity contribution in [1.29, 1.82) is 10.8 Å². The van der Waals surface area contributed by atoms with Gasteiger partial charge in [-0.2, -0.15) is 0 Å². The lowest BCUT2D eigenvalue weighted by atomic mass is 10.0. The molecule has 0 spiro atoms. The van der Waals surface area contributed by atoms with Crippen LogP contribution in [0.5, 0.6) is 0 Å². The molecule has 0 saturated heterocycles. The van der Waals surface area contributed by atoms with E-state index in [0.717, 1.165) is 10.0 Å². The number of ether oxygens (including phenoxy) is 1. The summed E-state index contributed by atoms with van der Waals surface area (Å²) < 4.78 is 5.72. The predicted octanol–water partition coefficient (Wildman–Crippen LogP) is 2.81. The molecule has 4 heteroatoms.